The van der Waals surface area contributed by atoms with Crippen LogP contribution < -0.4 is 0 Å². The largest absolute Gasteiger partial charge is 0.333 e. The molecule has 1 aliphatic rings. The minimum Gasteiger partial charge on any atom is -0.333 e. The molecular weight excluding hydrogens is 296 g/mol. The molecule has 1 aromatic heterocycles. The van der Waals surface area contributed by atoms with Crippen molar-refractivity contribution in [2.75, 3.05) is 19.6 Å². The van der Waals surface area contributed by atoms with Gasteiger partial charge in [-0.3, -0.25) is 9.69 Å². The fraction of sp³-hybridized carbons (Fsp3) is 0.312. The van der Waals surface area contributed by atoms with Crippen molar-refractivity contribution in [1.82, 2.24) is 14.2 Å². The molecule has 0 bridgehead atoms. The lowest BCUT2D eigenvalue weighted by Gasteiger charge is -2.38. The molecule has 1 aromatic carbocycles. The molecule has 2 heterocycles. The van der Waals surface area contributed by atoms with Gasteiger partial charge in [0.25, 0.3) is 5.91 Å². The van der Waals surface area contributed by atoms with Gasteiger partial charge in [0.05, 0.1) is 12.6 Å². The Morgan fingerprint density at radius 2 is 2.14 bits per heavy atom. The number of hydrogen-bond acceptors (Lipinski definition) is 5. The second-order valence-electron chi connectivity index (χ2n) is 5.24. The van der Waals surface area contributed by atoms with Crippen LogP contribution in [0.3, 0.4) is 0 Å². The number of piperazine rings is 1. The summed E-state index contributed by atoms with van der Waals surface area (Å²) in [5.74, 6) is -0.0825. The van der Waals surface area contributed by atoms with E-state index in [2.05, 4.69) is 27.5 Å². The number of aromatic nitrogens is 1. The van der Waals surface area contributed by atoms with E-state index in [-0.39, 0.29) is 11.9 Å². The van der Waals surface area contributed by atoms with Crippen LogP contribution in [0.5, 0.6) is 0 Å². The lowest BCUT2D eigenvalue weighted by Crippen LogP contribution is -2.53. The first-order chi connectivity index (χ1) is 10.8. The summed E-state index contributed by atoms with van der Waals surface area (Å²) in [4.78, 5) is 16.2. The molecule has 5 nitrogen and oxygen atoms in total. The molecule has 112 valence electrons. The van der Waals surface area contributed by atoms with Gasteiger partial charge in [0.1, 0.15) is 11.7 Å². The van der Waals surface area contributed by atoms with Crippen LogP contribution in [0.2, 0.25) is 0 Å². The van der Waals surface area contributed by atoms with E-state index >= 15 is 0 Å². The Bertz CT molecular complexity index is 665. The third-order valence-corrected chi connectivity index (χ3v) is 4.37. The van der Waals surface area contributed by atoms with Crippen molar-refractivity contribution in [1.29, 1.82) is 5.26 Å². The number of amides is 1. The van der Waals surface area contributed by atoms with E-state index < -0.39 is 0 Å². The monoisotopic (exact) mass is 312 g/mol. The highest BCUT2D eigenvalue weighted by Gasteiger charge is 2.30. The first-order valence-electron chi connectivity index (χ1n) is 7.15. The SMILES string of the molecule is N#CC1CN(C(=O)c2ccsn2)CCN1Cc1ccccc1. The van der Waals surface area contributed by atoms with Gasteiger partial charge in [0, 0.05) is 25.0 Å². The van der Waals surface area contributed by atoms with Crippen molar-refractivity contribution in [2.45, 2.75) is 12.6 Å². The maximum Gasteiger partial charge on any atom is 0.273 e. The Morgan fingerprint density at radius 1 is 1.32 bits per heavy atom. The molecule has 1 saturated heterocycles. The Balaban J connectivity index is 1.66. The van der Waals surface area contributed by atoms with E-state index in [9.17, 15) is 10.1 Å². The number of rotatable bonds is 3. The summed E-state index contributed by atoms with van der Waals surface area (Å²) < 4.78 is 4.08. The second kappa shape index (κ2) is 6.69. The van der Waals surface area contributed by atoms with Crippen LogP contribution in [0, 0.1) is 11.3 Å². The van der Waals surface area contributed by atoms with E-state index in [1.807, 2.05) is 18.2 Å². The Kier molecular flexibility index (Phi) is 4.47. The van der Waals surface area contributed by atoms with Crippen molar-refractivity contribution in [2.24, 2.45) is 0 Å². The summed E-state index contributed by atoms with van der Waals surface area (Å²) in [6.07, 6.45) is 0. The zero-order chi connectivity index (χ0) is 15.4. The third kappa shape index (κ3) is 3.16. The van der Waals surface area contributed by atoms with Crippen LogP contribution in [0.25, 0.3) is 0 Å². The summed E-state index contributed by atoms with van der Waals surface area (Å²) in [5.41, 5.74) is 1.65. The molecular formula is C16H16N4OS. The maximum atomic E-state index is 12.3. The average molecular weight is 312 g/mol. The summed E-state index contributed by atoms with van der Waals surface area (Å²) in [5, 5.41) is 11.2. The van der Waals surface area contributed by atoms with Gasteiger partial charge in [-0.2, -0.15) is 9.64 Å². The summed E-state index contributed by atoms with van der Waals surface area (Å²) in [6, 6.07) is 13.9. The predicted molar refractivity (Wildman–Crippen MR) is 84.3 cm³/mol. The van der Waals surface area contributed by atoms with Gasteiger partial charge in [-0.05, 0) is 23.2 Å². The highest BCUT2D eigenvalue weighted by atomic mass is 32.1. The highest BCUT2D eigenvalue weighted by molar-refractivity contribution is 7.03. The molecule has 6 heteroatoms. The van der Waals surface area contributed by atoms with Crippen LogP contribution in [0.15, 0.2) is 41.8 Å². The van der Waals surface area contributed by atoms with E-state index in [4.69, 9.17) is 0 Å². The highest BCUT2D eigenvalue weighted by Crippen LogP contribution is 2.16. The first kappa shape index (κ1) is 14.7. The molecule has 22 heavy (non-hydrogen) atoms. The maximum absolute atomic E-state index is 12.3. The standard InChI is InChI=1S/C16H16N4OS/c17-10-14-12-20(16(21)15-6-9-22-18-15)8-7-19(14)11-13-4-2-1-3-5-13/h1-6,9,14H,7-8,11-12H2. The Labute approximate surface area is 133 Å². The van der Waals surface area contributed by atoms with Crippen LogP contribution in [0.1, 0.15) is 16.1 Å². The number of carbonyl (C=O) groups is 1. The first-order valence-corrected chi connectivity index (χ1v) is 7.99. The number of benzene rings is 1. The summed E-state index contributed by atoms with van der Waals surface area (Å²) >= 11 is 1.27. The molecule has 0 aliphatic carbocycles. The molecule has 1 fully saturated rings. The Morgan fingerprint density at radius 3 is 2.82 bits per heavy atom. The fourth-order valence-electron chi connectivity index (χ4n) is 2.62. The van der Waals surface area contributed by atoms with Gasteiger partial charge < -0.3 is 4.90 Å². The van der Waals surface area contributed by atoms with Crippen LogP contribution >= 0.6 is 11.5 Å². The minimum atomic E-state index is -0.281. The average Bonchev–Trinajstić information content (AvgIpc) is 3.10. The smallest absolute Gasteiger partial charge is 0.273 e. The van der Waals surface area contributed by atoms with Crippen molar-refractivity contribution < 1.29 is 4.79 Å². The molecule has 0 spiro atoms. The van der Waals surface area contributed by atoms with Gasteiger partial charge in [-0.25, -0.2) is 0 Å². The molecule has 0 saturated carbocycles. The van der Waals surface area contributed by atoms with Crippen molar-refractivity contribution >= 4 is 17.4 Å². The number of carbonyl (C=O) groups excluding carboxylic acids is 1. The van der Waals surface area contributed by atoms with E-state index in [0.717, 1.165) is 6.54 Å². The van der Waals surface area contributed by atoms with Crippen molar-refractivity contribution in [3.63, 3.8) is 0 Å². The molecule has 3 rings (SSSR count). The normalized spacial score (nSPS) is 18.9. The molecule has 0 radical (unpaired) electrons. The minimum absolute atomic E-state index is 0.0825. The second-order valence-corrected chi connectivity index (χ2v) is 5.90. The molecule has 1 atom stereocenters. The van der Waals surface area contributed by atoms with Crippen molar-refractivity contribution in [3.05, 3.63) is 53.0 Å². The van der Waals surface area contributed by atoms with Gasteiger partial charge in [0.15, 0.2) is 0 Å². The zero-order valence-corrected chi connectivity index (χ0v) is 12.9. The summed E-state index contributed by atoms with van der Waals surface area (Å²) in [6.45, 7) is 2.49. The van der Waals surface area contributed by atoms with Gasteiger partial charge in [0.2, 0.25) is 0 Å². The van der Waals surface area contributed by atoms with Crippen LogP contribution in [-0.2, 0) is 6.54 Å². The topological polar surface area (TPSA) is 60.2 Å². The van der Waals surface area contributed by atoms with Gasteiger partial charge in [-0.15, -0.1) is 0 Å². The van der Waals surface area contributed by atoms with E-state index in [1.165, 1.54) is 17.1 Å². The number of hydrogen-bond donors (Lipinski definition) is 0. The fourth-order valence-corrected chi connectivity index (χ4v) is 3.12. The number of nitrogens with zero attached hydrogens (tertiary/aromatic N) is 4. The Hall–Kier alpha value is -2.23. The molecule has 1 amide bonds. The van der Waals surface area contributed by atoms with E-state index in [1.54, 1.807) is 16.3 Å². The summed E-state index contributed by atoms with van der Waals surface area (Å²) in [7, 11) is 0. The van der Waals surface area contributed by atoms with Crippen LogP contribution in [-0.4, -0.2) is 45.8 Å². The van der Waals surface area contributed by atoms with Crippen molar-refractivity contribution in [3.8, 4) is 6.07 Å². The van der Waals surface area contributed by atoms with E-state index in [0.29, 0.717) is 25.3 Å². The zero-order valence-electron chi connectivity index (χ0n) is 12.1. The van der Waals surface area contributed by atoms with Crippen LogP contribution in [0.4, 0.5) is 0 Å². The molecule has 2 aromatic rings. The predicted octanol–water partition coefficient (Wildman–Crippen LogP) is 1.99. The molecule has 1 unspecified atom stereocenters. The third-order valence-electron chi connectivity index (χ3n) is 3.81. The molecule has 0 N–H and O–H groups in total. The lowest BCUT2D eigenvalue weighted by molar-refractivity contribution is 0.0548. The van der Waals surface area contributed by atoms with Gasteiger partial charge >= 0.3 is 0 Å². The molecule has 1 aliphatic heterocycles. The quantitative estimate of drug-likeness (QED) is 0.869. The lowest BCUT2D eigenvalue weighted by atomic mass is 10.1. The number of nitriles is 1. The van der Waals surface area contributed by atoms with Gasteiger partial charge in [-0.1, -0.05) is 30.3 Å².